The van der Waals surface area contributed by atoms with Crippen LogP contribution in [-0.4, -0.2) is 26.4 Å². The van der Waals surface area contributed by atoms with Crippen molar-refractivity contribution in [1.29, 1.82) is 0 Å². The minimum atomic E-state index is -0.306. The van der Waals surface area contributed by atoms with Gasteiger partial charge in [0.2, 0.25) is 5.91 Å². The molecule has 1 unspecified atom stereocenters. The maximum absolute atomic E-state index is 13.1. The Hall–Kier alpha value is -2.38. The summed E-state index contributed by atoms with van der Waals surface area (Å²) in [5.74, 6) is 0.380. The van der Waals surface area contributed by atoms with E-state index in [9.17, 15) is 9.18 Å². The van der Waals surface area contributed by atoms with Gasteiger partial charge in [-0.05, 0) is 42.8 Å². The number of rotatable bonds is 6. The molecule has 3 aromatic rings. The molecule has 1 heterocycles. The first-order chi connectivity index (χ1) is 13.0. The van der Waals surface area contributed by atoms with Crippen LogP contribution < -0.4 is 5.32 Å². The number of carbonyl (C=O) groups excluding carboxylic acids is 1. The molecule has 2 aromatic carbocycles. The fourth-order valence-electron chi connectivity index (χ4n) is 2.61. The third-order valence-electron chi connectivity index (χ3n) is 4.02. The van der Waals surface area contributed by atoms with E-state index in [0.717, 1.165) is 11.1 Å². The highest BCUT2D eigenvalue weighted by Crippen LogP contribution is 2.24. The summed E-state index contributed by atoms with van der Waals surface area (Å²) < 4.78 is 14.9. The average molecular weight is 405 g/mol. The molecule has 1 aromatic heterocycles. The molecule has 0 spiro atoms. The van der Waals surface area contributed by atoms with Gasteiger partial charge in [-0.25, -0.2) is 4.39 Å². The van der Waals surface area contributed by atoms with Gasteiger partial charge in [0, 0.05) is 17.6 Å². The quantitative estimate of drug-likeness (QED) is 0.624. The molecule has 0 aliphatic carbocycles. The van der Waals surface area contributed by atoms with Crippen molar-refractivity contribution in [1.82, 2.24) is 20.1 Å². The Balaban J connectivity index is 1.61. The van der Waals surface area contributed by atoms with Crippen molar-refractivity contribution in [2.24, 2.45) is 7.05 Å². The third-order valence-corrected chi connectivity index (χ3v) is 5.38. The van der Waals surface area contributed by atoms with E-state index in [1.165, 1.54) is 23.9 Å². The molecule has 1 amide bonds. The van der Waals surface area contributed by atoms with Crippen LogP contribution in [-0.2, 0) is 11.8 Å². The lowest BCUT2D eigenvalue weighted by Crippen LogP contribution is -2.28. The number of hydrogen-bond donors (Lipinski definition) is 1. The van der Waals surface area contributed by atoms with E-state index in [4.69, 9.17) is 11.6 Å². The lowest BCUT2D eigenvalue weighted by molar-refractivity contribution is -0.119. The Kier molecular flexibility index (Phi) is 6.13. The van der Waals surface area contributed by atoms with E-state index >= 15 is 0 Å². The maximum atomic E-state index is 13.1. The van der Waals surface area contributed by atoms with Crippen LogP contribution in [0.15, 0.2) is 53.7 Å². The molecule has 0 saturated carbocycles. The highest BCUT2D eigenvalue weighted by molar-refractivity contribution is 7.99. The molecule has 0 bridgehead atoms. The van der Waals surface area contributed by atoms with Gasteiger partial charge in [0.1, 0.15) is 5.82 Å². The summed E-state index contributed by atoms with van der Waals surface area (Å²) in [5, 5.41) is 12.4. The van der Waals surface area contributed by atoms with Crippen molar-refractivity contribution in [3.8, 4) is 11.4 Å². The molecular weight excluding hydrogens is 387 g/mol. The molecule has 5 nitrogen and oxygen atoms in total. The van der Waals surface area contributed by atoms with Crippen LogP contribution in [0.1, 0.15) is 18.5 Å². The molecular formula is C19H18ClFN4OS. The van der Waals surface area contributed by atoms with Gasteiger partial charge in [-0.15, -0.1) is 10.2 Å². The SMILES string of the molecule is CC(NC(=O)CSc1nnc(-c2ccc(F)cc2)n1C)c1ccccc1Cl. The molecule has 0 fully saturated rings. The Morgan fingerprint density at radius 3 is 2.63 bits per heavy atom. The van der Waals surface area contributed by atoms with Gasteiger partial charge < -0.3 is 9.88 Å². The highest BCUT2D eigenvalue weighted by atomic mass is 35.5. The van der Waals surface area contributed by atoms with Gasteiger partial charge in [0.05, 0.1) is 11.8 Å². The second-order valence-corrected chi connectivity index (χ2v) is 7.32. The summed E-state index contributed by atoms with van der Waals surface area (Å²) in [4.78, 5) is 12.3. The summed E-state index contributed by atoms with van der Waals surface area (Å²) in [6.07, 6.45) is 0. The minimum absolute atomic E-state index is 0.126. The van der Waals surface area contributed by atoms with Gasteiger partial charge in [-0.2, -0.15) is 0 Å². The number of benzene rings is 2. The number of carbonyl (C=O) groups is 1. The summed E-state index contributed by atoms with van der Waals surface area (Å²) in [6, 6.07) is 13.3. The monoisotopic (exact) mass is 404 g/mol. The average Bonchev–Trinajstić information content (AvgIpc) is 3.01. The summed E-state index contributed by atoms with van der Waals surface area (Å²) in [6.45, 7) is 1.89. The number of aromatic nitrogens is 3. The third kappa shape index (κ3) is 4.67. The Morgan fingerprint density at radius 1 is 1.22 bits per heavy atom. The van der Waals surface area contributed by atoms with Crippen LogP contribution >= 0.6 is 23.4 Å². The zero-order chi connectivity index (χ0) is 19.4. The van der Waals surface area contributed by atoms with Crippen molar-refractivity contribution in [3.05, 3.63) is 64.9 Å². The zero-order valence-corrected chi connectivity index (χ0v) is 16.4. The predicted octanol–water partition coefficient (Wildman–Crippen LogP) is 4.24. The Morgan fingerprint density at radius 2 is 1.93 bits per heavy atom. The van der Waals surface area contributed by atoms with E-state index in [2.05, 4.69) is 15.5 Å². The summed E-state index contributed by atoms with van der Waals surface area (Å²) >= 11 is 7.45. The molecule has 0 aliphatic rings. The Bertz CT molecular complexity index is 945. The largest absolute Gasteiger partial charge is 0.349 e. The molecule has 8 heteroatoms. The number of hydrogen-bond acceptors (Lipinski definition) is 4. The fourth-order valence-corrected chi connectivity index (χ4v) is 3.63. The van der Waals surface area contributed by atoms with Crippen LogP contribution in [0.3, 0.4) is 0 Å². The number of amides is 1. The highest BCUT2D eigenvalue weighted by Gasteiger charge is 2.15. The van der Waals surface area contributed by atoms with Crippen LogP contribution in [0, 0.1) is 5.82 Å². The fraction of sp³-hybridized carbons (Fsp3) is 0.211. The van der Waals surface area contributed by atoms with Gasteiger partial charge in [-0.1, -0.05) is 41.6 Å². The number of halogens is 2. The van der Waals surface area contributed by atoms with Gasteiger partial charge in [0.25, 0.3) is 0 Å². The molecule has 0 saturated heterocycles. The van der Waals surface area contributed by atoms with Crippen molar-refractivity contribution < 1.29 is 9.18 Å². The van der Waals surface area contributed by atoms with Crippen molar-refractivity contribution in [2.45, 2.75) is 18.1 Å². The van der Waals surface area contributed by atoms with Gasteiger partial charge in [0.15, 0.2) is 11.0 Å². The van der Waals surface area contributed by atoms with E-state index in [1.807, 2.05) is 32.2 Å². The van der Waals surface area contributed by atoms with E-state index < -0.39 is 0 Å². The van der Waals surface area contributed by atoms with Gasteiger partial charge >= 0.3 is 0 Å². The van der Waals surface area contributed by atoms with Crippen LogP contribution in [0.2, 0.25) is 5.02 Å². The van der Waals surface area contributed by atoms with Crippen molar-refractivity contribution in [3.63, 3.8) is 0 Å². The van der Waals surface area contributed by atoms with Gasteiger partial charge in [-0.3, -0.25) is 4.79 Å². The number of thioether (sulfide) groups is 1. The van der Waals surface area contributed by atoms with Crippen molar-refractivity contribution >= 4 is 29.3 Å². The second-order valence-electron chi connectivity index (χ2n) is 5.97. The van der Waals surface area contributed by atoms with E-state index in [-0.39, 0.29) is 23.5 Å². The summed E-state index contributed by atoms with van der Waals surface area (Å²) in [5.41, 5.74) is 1.63. The standard InChI is InChI=1S/C19H18ClFN4OS/c1-12(15-5-3-4-6-16(15)20)22-17(26)11-27-19-24-23-18(25(19)2)13-7-9-14(21)10-8-13/h3-10,12H,11H2,1-2H3,(H,22,26). The molecule has 0 radical (unpaired) electrons. The molecule has 140 valence electrons. The first kappa shape index (κ1) is 19.4. The second kappa shape index (κ2) is 8.54. The molecule has 1 atom stereocenters. The lowest BCUT2D eigenvalue weighted by atomic mass is 10.1. The first-order valence-corrected chi connectivity index (χ1v) is 9.64. The molecule has 3 rings (SSSR count). The summed E-state index contributed by atoms with van der Waals surface area (Å²) in [7, 11) is 1.81. The molecule has 0 aliphatic heterocycles. The number of nitrogens with zero attached hydrogens (tertiary/aromatic N) is 3. The number of nitrogens with one attached hydrogen (secondary N) is 1. The van der Waals surface area contributed by atoms with Crippen LogP contribution in [0.5, 0.6) is 0 Å². The van der Waals surface area contributed by atoms with E-state index in [1.54, 1.807) is 22.8 Å². The normalized spacial score (nSPS) is 12.0. The smallest absolute Gasteiger partial charge is 0.230 e. The topological polar surface area (TPSA) is 59.8 Å². The lowest BCUT2D eigenvalue weighted by Gasteiger charge is -2.15. The first-order valence-electron chi connectivity index (χ1n) is 8.27. The molecule has 1 N–H and O–H groups in total. The van der Waals surface area contributed by atoms with Crippen LogP contribution in [0.25, 0.3) is 11.4 Å². The van der Waals surface area contributed by atoms with E-state index in [0.29, 0.717) is 16.0 Å². The Labute approximate surface area is 166 Å². The maximum Gasteiger partial charge on any atom is 0.230 e. The molecule has 27 heavy (non-hydrogen) atoms. The van der Waals surface area contributed by atoms with Crippen LogP contribution in [0.4, 0.5) is 4.39 Å². The predicted molar refractivity (Wildman–Crippen MR) is 105 cm³/mol. The van der Waals surface area contributed by atoms with Crippen molar-refractivity contribution in [2.75, 3.05) is 5.75 Å². The zero-order valence-electron chi connectivity index (χ0n) is 14.8. The minimum Gasteiger partial charge on any atom is -0.349 e.